The van der Waals surface area contributed by atoms with Crippen molar-refractivity contribution in [1.29, 1.82) is 0 Å². The molecule has 0 radical (unpaired) electrons. The Bertz CT molecular complexity index is 718. The monoisotopic (exact) mass is 269 g/mol. The molecule has 0 spiro atoms. The van der Waals surface area contributed by atoms with Gasteiger partial charge in [0.25, 0.3) is 0 Å². The van der Waals surface area contributed by atoms with E-state index in [1.54, 1.807) is 11.3 Å². The number of hydrogen-bond acceptors (Lipinski definition) is 4. The molecule has 1 aromatic heterocycles. The lowest BCUT2D eigenvalue weighted by atomic mass is 10.2. The maximum Gasteiger partial charge on any atom is 0.0907 e. The fourth-order valence-electron chi connectivity index (χ4n) is 2.06. The van der Waals surface area contributed by atoms with Crippen molar-refractivity contribution in [2.75, 3.05) is 11.1 Å². The Morgan fingerprint density at radius 1 is 1.21 bits per heavy atom. The Hall–Kier alpha value is -2.07. The average Bonchev–Trinajstić information content (AvgIpc) is 2.75. The number of nitrogens with zero attached hydrogens (tertiary/aromatic N) is 1. The van der Waals surface area contributed by atoms with E-state index in [0.717, 1.165) is 28.4 Å². The number of fused-ring (bicyclic) bond motifs is 1. The Labute approximate surface area is 116 Å². The molecule has 3 rings (SSSR count). The summed E-state index contributed by atoms with van der Waals surface area (Å²) in [5.41, 5.74) is 9.93. The van der Waals surface area contributed by atoms with E-state index >= 15 is 0 Å². The molecule has 0 aliphatic rings. The lowest BCUT2D eigenvalue weighted by molar-refractivity contribution is 1.15. The Kier molecular flexibility index (Phi) is 3.09. The van der Waals surface area contributed by atoms with E-state index in [1.807, 2.05) is 25.1 Å². The summed E-state index contributed by atoms with van der Waals surface area (Å²) in [5.74, 6) is 0. The molecule has 3 N–H and O–H groups in total. The molecule has 0 fully saturated rings. The van der Waals surface area contributed by atoms with Crippen LogP contribution in [0.2, 0.25) is 0 Å². The predicted molar refractivity (Wildman–Crippen MR) is 82.5 cm³/mol. The molecule has 0 atom stereocenters. The van der Waals surface area contributed by atoms with Gasteiger partial charge in [-0.1, -0.05) is 12.1 Å². The first-order valence-electron chi connectivity index (χ1n) is 6.16. The van der Waals surface area contributed by atoms with Crippen LogP contribution in [0.15, 0.2) is 42.5 Å². The number of rotatable bonds is 3. The van der Waals surface area contributed by atoms with Crippen LogP contribution in [-0.2, 0) is 6.54 Å². The van der Waals surface area contributed by atoms with Gasteiger partial charge in [0.15, 0.2) is 0 Å². The molecule has 4 heteroatoms. The van der Waals surface area contributed by atoms with Crippen LogP contribution in [0.5, 0.6) is 0 Å². The van der Waals surface area contributed by atoms with Crippen LogP contribution >= 0.6 is 11.3 Å². The van der Waals surface area contributed by atoms with Crippen molar-refractivity contribution in [2.45, 2.75) is 13.5 Å². The summed E-state index contributed by atoms with van der Waals surface area (Å²) in [5, 5.41) is 4.51. The van der Waals surface area contributed by atoms with Gasteiger partial charge in [-0.05, 0) is 42.8 Å². The summed E-state index contributed by atoms with van der Waals surface area (Å²) in [6.45, 7) is 2.80. The highest BCUT2D eigenvalue weighted by Crippen LogP contribution is 2.25. The molecule has 0 aliphatic heterocycles. The topological polar surface area (TPSA) is 50.9 Å². The largest absolute Gasteiger partial charge is 0.399 e. The van der Waals surface area contributed by atoms with E-state index in [2.05, 4.69) is 34.6 Å². The number of hydrogen-bond donors (Lipinski definition) is 2. The highest BCUT2D eigenvalue weighted by atomic mass is 32.1. The number of anilines is 2. The highest BCUT2D eigenvalue weighted by Gasteiger charge is 2.01. The summed E-state index contributed by atoms with van der Waals surface area (Å²) < 4.78 is 1.22. The highest BCUT2D eigenvalue weighted by molar-refractivity contribution is 7.18. The third-order valence-electron chi connectivity index (χ3n) is 2.94. The van der Waals surface area contributed by atoms with Crippen molar-refractivity contribution in [2.24, 2.45) is 0 Å². The van der Waals surface area contributed by atoms with Gasteiger partial charge in [0.2, 0.25) is 0 Å². The van der Waals surface area contributed by atoms with Crippen LogP contribution in [0.1, 0.15) is 10.6 Å². The van der Waals surface area contributed by atoms with E-state index in [4.69, 9.17) is 5.73 Å². The van der Waals surface area contributed by atoms with Crippen LogP contribution < -0.4 is 11.1 Å². The fourth-order valence-corrected chi connectivity index (χ4v) is 2.92. The van der Waals surface area contributed by atoms with Gasteiger partial charge in [-0.3, -0.25) is 0 Å². The summed E-state index contributed by atoms with van der Waals surface area (Å²) in [7, 11) is 0. The van der Waals surface area contributed by atoms with Gasteiger partial charge in [0.1, 0.15) is 0 Å². The smallest absolute Gasteiger partial charge is 0.0907 e. The minimum Gasteiger partial charge on any atom is -0.399 e. The summed E-state index contributed by atoms with van der Waals surface area (Å²) in [6.07, 6.45) is 0. The molecular weight excluding hydrogens is 254 g/mol. The standard InChI is InChI=1S/C15H15N3S/c1-10-18-14-6-5-13(8-15(14)19-10)17-9-11-3-2-4-12(16)7-11/h2-8,17H,9,16H2,1H3. The van der Waals surface area contributed by atoms with E-state index in [1.165, 1.54) is 10.3 Å². The van der Waals surface area contributed by atoms with Crippen molar-refractivity contribution in [3.63, 3.8) is 0 Å². The van der Waals surface area contributed by atoms with E-state index in [-0.39, 0.29) is 0 Å². The van der Waals surface area contributed by atoms with E-state index in [0.29, 0.717) is 0 Å². The normalized spacial score (nSPS) is 10.8. The van der Waals surface area contributed by atoms with Crippen LogP contribution in [0.25, 0.3) is 10.2 Å². The van der Waals surface area contributed by atoms with Crippen molar-refractivity contribution in [3.05, 3.63) is 53.0 Å². The molecule has 0 amide bonds. The maximum absolute atomic E-state index is 5.77. The molecule has 0 aliphatic carbocycles. The molecule has 0 saturated carbocycles. The average molecular weight is 269 g/mol. The molecular formula is C15H15N3S. The van der Waals surface area contributed by atoms with Gasteiger partial charge in [-0.2, -0.15) is 0 Å². The number of aryl methyl sites for hydroxylation is 1. The third-order valence-corrected chi connectivity index (χ3v) is 3.88. The fraction of sp³-hybridized carbons (Fsp3) is 0.133. The number of nitrogen functional groups attached to an aromatic ring is 1. The number of aromatic nitrogens is 1. The first kappa shape index (κ1) is 12.0. The van der Waals surface area contributed by atoms with Crippen molar-refractivity contribution < 1.29 is 0 Å². The zero-order valence-corrected chi connectivity index (χ0v) is 11.5. The molecule has 2 aromatic carbocycles. The lowest BCUT2D eigenvalue weighted by Gasteiger charge is -2.07. The first-order chi connectivity index (χ1) is 9.20. The number of thiazole rings is 1. The van der Waals surface area contributed by atoms with E-state index in [9.17, 15) is 0 Å². The summed E-state index contributed by atoms with van der Waals surface area (Å²) in [4.78, 5) is 4.46. The van der Waals surface area contributed by atoms with Gasteiger partial charge >= 0.3 is 0 Å². The minimum absolute atomic E-state index is 0.772. The number of benzene rings is 2. The Morgan fingerprint density at radius 2 is 2.11 bits per heavy atom. The zero-order chi connectivity index (χ0) is 13.2. The molecule has 1 heterocycles. The van der Waals surface area contributed by atoms with Crippen molar-refractivity contribution in [3.8, 4) is 0 Å². The van der Waals surface area contributed by atoms with Crippen LogP contribution in [0.3, 0.4) is 0 Å². The van der Waals surface area contributed by atoms with Crippen molar-refractivity contribution >= 4 is 32.9 Å². The Balaban J connectivity index is 1.78. The number of nitrogens with one attached hydrogen (secondary N) is 1. The number of nitrogens with two attached hydrogens (primary N) is 1. The van der Waals surface area contributed by atoms with Gasteiger partial charge < -0.3 is 11.1 Å². The molecule has 96 valence electrons. The predicted octanol–water partition coefficient (Wildman–Crippen LogP) is 3.80. The quantitative estimate of drug-likeness (QED) is 0.711. The molecule has 0 unspecified atom stereocenters. The SMILES string of the molecule is Cc1nc2ccc(NCc3cccc(N)c3)cc2s1. The summed E-state index contributed by atoms with van der Waals surface area (Å²) in [6, 6.07) is 14.2. The summed E-state index contributed by atoms with van der Waals surface area (Å²) >= 11 is 1.72. The zero-order valence-electron chi connectivity index (χ0n) is 10.7. The first-order valence-corrected chi connectivity index (χ1v) is 6.98. The van der Waals surface area contributed by atoms with Crippen molar-refractivity contribution in [1.82, 2.24) is 4.98 Å². The molecule has 0 bridgehead atoms. The minimum atomic E-state index is 0.772. The second kappa shape index (κ2) is 4.90. The lowest BCUT2D eigenvalue weighted by Crippen LogP contribution is -1.99. The Morgan fingerprint density at radius 3 is 2.95 bits per heavy atom. The third kappa shape index (κ3) is 2.69. The van der Waals surface area contributed by atoms with Gasteiger partial charge in [0, 0.05) is 17.9 Å². The molecule has 0 saturated heterocycles. The van der Waals surface area contributed by atoms with Gasteiger partial charge in [-0.25, -0.2) is 4.98 Å². The van der Waals surface area contributed by atoms with Gasteiger partial charge in [0.05, 0.1) is 15.2 Å². The van der Waals surface area contributed by atoms with Crippen LogP contribution in [-0.4, -0.2) is 4.98 Å². The van der Waals surface area contributed by atoms with Crippen LogP contribution in [0.4, 0.5) is 11.4 Å². The van der Waals surface area contributed by atoms with E-state index < -0.39 is 0 Å². The maximum atomic E-state index is 5.77. The molecule has 3 nitrogen and oxygen atoms in total. The van der Waals surface area contributed by atoms with Crippen LogP contribution in [0, 0.1) is 6.92 Å². The second-order valence-electron chi connectivity index (χ2n) is 4.51. The molecule has 19 heavy (non-hydrogen) atoms. The van der Waals surface area contributed by atoms with Gasteiger partial charge in [-0.15, -0.1) is 11.3 Å². The molecule has 3 aromatic rings. The second-order valence-corrected chi connectivity index (χ2v) is 5.75.